The van der Waals surface area contributed by atoms with Gasteiger partial charge in [0.1, 0.15) is 0 Å². The van der Waals surface area contributed by atoms with Crippen molar-refractivity contribution in [3.8, 4) is 0 Å². The lowest BCUT2D eigenvalue weighted by atomic mass is 10.2. The van der Waals surface area contributed by atoms with E-state index in [-0.39, 0.29) is 0 Å². The van der Waals surface area contributed by atoms with Crippen LogP contribution in [0.1, 0.15) is 38.1 Å². The molecular weight excluding hydrogens is 166 g/mol. The van der Waals surface area contributed by atoms with E-state index in [4.69, 9.17) is 0 Å². The number of hydrogen-bond acceptors (Lipinski definition) is 4. The molecule has 0 aromatic carbocycles. The molecule has 1 atom stereocenters. The van der Waals surface area contributed by atoms with Gasteiger partial charge in [0.2, 0.25) is 0 Å². The molecule has 0 saturated carbocycles. The third-order valence-electron chi connectivity index (χ3n) is 2.37. The van der Waals surface area contributed by atoms with Gasteiger partial charge in [-0.2, -0.15) is 0 Å². The molecule has 5 heteroatoms. The zero-order valence-corrected chi connectivity index (χ0v) is 7.90. The number of aryl methyl sites for hydroxylation is 1. The molecule has 72 valence electrons. The van der Waals surface area contributed by atoms with E-state index < -0.39 is 0 Å². The highest BCUT2D eigenvalue weighted by molar-refractivity contribution is 4.94. The molecule has 0 spiro atoms. The molecule has 1 N–H and O–H groups in total. The quantitative estimate of drug-likeness (QED) is 0.738. The normalized spacial score (nSPS) is 22.4. The van der Waals surface area contributed by atoms with Crippen LogP contribution in [0.3, 0.4) is 0 Å². The Kier molecular flexibility index (Phi) is 2.54. The van der Waals surface area contributed by atoms with Crippen molar-refractivity contribution in [2.24, 2.45) is 0 Å². The van der Waals surface area contributed by atoms with Crippen molar-refractivity contribution >= 4 is 0 Å². The van der Waals surface area contributed by atoms with Gasteiger partial charge in [-0.25, -0.2) is 4.68 Å². The second kappa shape index (κ2) is 3.83. The first kappa shape index (κ1) is 8.62. The van der Waals surface area contributed by atoms with Gasteiger partial charge < -0.3 is 5.32 Å². The fourth-order valence-corrected chi connectivity index (χ4v) is 1.74. The molecule has 1 aromatic heterocycles. The highest BCUT2D eigenvalue weighted by Crippen LogP contribution is 2.20. The molecule has 0 unspecified atom stereocenters. The number of hydrogen-bond donors (Lipinski definition) is 1. The van der Waals surface area contributed by atoms with Gasteiger partial charge >= 0.3 is 0 Å². The molecule has 5 nitrogen and oxygen atoms in total. The van der Waals surface area contributed by atoms with Crippen molar-refractivity contribution in [2.45, 2.75) is 38.8 Å². The van der Waals surface area contributed by atoms with Gasteiger partial charge in [0, 0.05) is 6.54 Å². The van der Waals surface area contributed by atoms with Crippen molar-refractivity contribution in [3.05, 3.63) is 5.82 Å². The smallest absolute Gasteiger partial charge is 0.168 e. The Morgan fingerprint density at radius 2 is 2.54 bits per heavy atom. The third-order valence-corrected chi connectivity index (χ3v) is 2.37. The van der Waals surface area contributed by atoms with E-state index in [1.54, 1.807) is 0 Å². The summed E-state index contributed by atoms with van der Waals surface area (Å²) in [6.07, 6.45) is 3.46. The minimum absolute atomic E-state index is 0.376. The summed E-state index contributed by atoms with van der Waals surface area (Å²) in [6.45, 7) is 4.14. The Hall–Kier alpha value is -0.970. The first-order valence-electron chi connectivity index (χ1n) is 4.91. The maximum atomic E-state index is 4.06. The van der Waals surface area contributed by atoms with Gasteiger partial charge in [-0.15, -0.1) is 5.10 Å². The molecule has 0 aliphatic carbocycles. The van der Waals surface area contributed by atoms with Crippen LogP contribution in [0.15, 0.2) is 0 Å². The van der Waals surface area contributed by atoms with Crippen molar-refractivity contribution in [3.63, 3.8) is 0 Å². The van der Waals surface area contributed by atoms with Crippen molar-refractivity contribution in [1.29, 1.82) is 0 Å². The molecule has 1 saturated heterocycles. The molecule has 0 radical (unpaired) electrons. The van der Waals surface area contributed by atoms with Crippen LogP contribution in [-0.4, -0.2) is 26.8 Å². The van der Waals surface area contributed by atoms with E-state index in [2.05, 4.69) is 27.8 Å². The van der Waals surface area contributed by atoms with E-state index in [0.29, 0.717) is 6.04 Å². The van der Waals surface area contributed by atoms with Gasteiger partial charge in [0.25, 0.3) is 0 Å². The largest absolute Gasteiger partial charge is 0.307 e. The third kappa shape index (κ3) is 1.70. The zero-order valence-electron chi connectivity index (χ0n) is 7.90. The number of nitrogens with one attached hydrogen (secondary N) is 1. The molecule has 1 aliphatic rings. The Morgan fingerprint density at radius 3 is 3.23 bits per heavy atom. The van der Waals surface area contributed by atoms with Crippen LogP contribution in [0, 0.1) is 0 Å². The summed E-state index contributed by atoms with van der Waals surface area (Å²) < 4.78 is 1.91. The van der Waals surface area contributed by atoms with E-state index in [1.165, 1.54) is 6.42 Å². The van der Waals surface area contributed by atoms with Gasteiger partial charge in [0.15, 0.2) is 5.82 Å². The molecule has 1 fully saturated rings. The lowest BCUT2D eigenvalue weighted by Gasteiger charge is -2.08. The summed E-state index contributed by atoms with van der Waals surface area (Å²) in [5, 5.41) is 15.1. The predicted octanol–water partition coefficient (Wildman–Crippen LogP) is 0.508. The molecule has 13 heavy (non-hydrogen) atoms. The highest BCUT2D eigenvalue weighted by Gasteiger charge is 2.21. The van der Waals surface area contributed by atoms with Crippen LogP contribution in [0.4, 0.5) is 0 Å². The van der Waals surface area contributed by atoms with Crippen LogP contribution < -0.4 is 5.32 Å². The van der Waals surface area contributed by atoms with Gasteiger partial charge in [0.05, 0.1) is 6.04 Å². The van der Waals surface area contributed by atoms with Crippen LogP contribution in [0.5, 0.6) is 0 Å². The lowest BCUT2D eigenvalue weighted by molar-refractivity contribution is 0.503. The Bertz CT molecular complexity index is 263. The molecular formula is C8H15N5. The standard InChI is InChI=1S/C8H15N5/c1-2-6-13-8(10-11-12-13)7-4-3-5-9-7/h7,9H,2-6H2,1H3/t7-/m0/s1. The van der Waals surface area contributed by atoms with E-state index >= 15 is 0 Å². The Balaban J connectivity index is 2.13. The SMILES string of the molecule is CCCn1nnnc1[C@@H]1CCCN1. The number of nitrogens with zero attached hydrogens (tertiary/aromatic N) is 4. The van der Waals surface area contributed by atoms with Crippen molar-refractivity contribution < 1.29 is 0 Å². The average Bonchev–Trinajstić information content (AvgIpc) is 2.71. The predicted molar refractivity (Wildman–Crippen MR) is 48.1 cm³/mol. The summed E-state index contributed by atoms with van der Waals surface area (Å²) in [5.74, 6) is 0.999. The Morgan fingerprint density at radius 1 is 1.62 bits per heavy atom. The Labute approximate surface area is 77.5 Å². The average molecular weight is 181 g/mol. The van der Waals surface area contributed by atoms with Gasteiger partial charge in [-0.3, -0.25) is 0 Å². The monoisotopic (exact) mass is 181 g/mol. The summed E-state index contributed by atoms with van der Waals surface area (Å²) in [5.41, 5.74) is 0. The summed E-state index contributed by atoms with van der Waals surface area (Å²) >= 11 is 0. The first-order valence-corrected chi connectivity index (χ1v) is 4.91. The summed E-state index contributed by atoms with van der Waals surface area (Å²) in [7, 11) is 0. The summed E-state index contributed by atoms with van der Waals surface area (Å²) in [6, 6.07) is 0.376. The van der Waals surface area contributed by atoms with Gasteiger partial charge in [-0.05, 0) is 36.2 Å². The van der Waals surface area contributed by atoms with E-state index in [9.17, 15) is 0 Å². The van der Waals surface area contributed by atoms with Gasteiger partial charge in [-0.1, -0.05) is 6.92 Å². The maximum Gasteiger partial charge on any atom is 0.168 e. The van der Waals surface area contributed by atoms with Crippen molar-refractivity contribution in [1.82, 2.24) is 25.5 Å². The molecule has 1 aromatic rings. The molecule has 0 amide bonds. The number of rotatable bonds is 3. The molecule has 1 aliphatic heterocycles. The lowest BCUT2D eigenvalue weighted by Crippen LogP contribution is -2.18. The maximum absolute atomic E-state index is 4.06. The zero-order chi connectivity index (χ0) is 9.10. The van der Waals surface area contributed by atoms with E-state index in [0.717, 1.165) is 31.8 Å². The van der Waals surface area contributed by atoms with Crippen molar-refractivity contribution in [2.75, 3.05) is 6.54 Å². The molecule has 2 rings (SSSR count). The van der Waals surface area contributed by atoms with Crippen LogP contribution in [0.25, 0.3) is 0 Å². The second-order valence-corrected chi connectivity index (χ2v) is 3.41. The fraction of sp³-hybridized carbons (Fsp3) is 0.875. The van der Waals surface area contributed by atoms with E-state index in [1.807, 2.05) is 4.68 Å². The fourth-order valence-electron chi connectivity index (χ4n) is 1.74. The number of aromatic nitrogens is 4. The van der Waals surface area contributed by atoms with Crippen LogP contribution in [-0.2, 0) is 6.54 Å². The van der Waals surface area contributed by atoms with Crippen LogP contribution in [0.2, 0.25) is 0 Å². The highest BCUT2D eigenvalue weighted by atomic mass is 15.5. The second-order valence-electron chi connectivity index (χ2n) is 3.41. The minimum Gasteiger partial charge on any atom is -0.307 e. The topological polar surface area (TPSA) is 55.6 Å². The molecule has 0 bridgehead atoms. The first-order chi connectivity index (χ1) is 6.42. The number of tetrazole rings is 1. The van der Waals surface area contributed by atoms with Crippen LogP contribution >= 0.6 is 0 Å². The minimum atomic E-state index is 0.376. The summed E-state index contributed by atoms with van der Waals surface area (Å²) in [4.78, 5) is 0. The molecule has 2 heterocycles.